The summed E-state index contributed by atoms with van der Waals surface area (Å²) < 4.78 is 2.17. The Hall–Kier alpha value is -3.29. The number of aromatic nitrogens is 4. The summed E-state index contributed by atoms with van der Waals surface area (Å²) in [6.07, 6.45) is 2.43. The van der Waals surface area contributed by atoms with E-state index in [-0.39, 0.29) is 11.8 Å². The largest absolute Gasteiger partial charge is 0.343 e. The SMILES string of the molecule is CC(C)CC(=O)N1CCC(c2nnc3n2CCN(C(=O)c2ccc4ccccc4n2)C3)CC1. The summed E-state index contributed by atoms with van der Waals surface area (Å²) >= 11 is 0. The molecular formula is C25H30N6O2. The van der Waals surface area contributed by atoms with Crippen molar-refractivity contribution in [3.8, 4) is 0 Å². The van der Waals surface area contributed by atoms with E-state index in [1.165, 1.54) is 0 Å². The minimum Gasteiger partial charge on any atom is -0.343 e. The summed E-state index contributed by atoms with van der Waals surface area (Å²) in [7, 11) is 0. The topological polar surface area (TPSA) is 84.2 Å². The van der Waals surface area contributed by atoms with E-state index in [0.717, 1.165) is 48.5 Å². The fourth-order valence-corrected chi connectivity index (χ4v) is 4.87. The second kappa shape index (κ2) is 8.92. The van der Waals surface area contributed by atoms with Gasteiger partial charge in [0.15, 0.2) is 5.82 Å². The molecular weight excluding hydrogens is 416 g/mol. The molecule has 2 aliphatic heterocycles. The van der Waals surface area contributed by atoms with Crippen molar-refractivity contribution in [1.29, 1.82) is 0 Å². The lowest BCUT2D eigenvalue weighted by molar-refractivity contribution is -0.133. The molecule has 2 aromatic heterocycles. The Morgan fingerprint density at radius 1 is 0.970 bits per heavy atom. The first-order valence-corrected chi connectivity index (χ1v) is 11.8. The molecule has 2 amide bonds. The maximum atomic E-state index is 13.1. The van der Waals surface area contributed by atoms with Crippen LogP contribution in [0.25, 0.3) is 10.9 Å². The van der Waals surface area contributed by atoms with Gasteiger partial charge in [-0.05, 0) is 30.9 Å². The van der Waals surface area contributed by atoms with Gasteiger partial charge in [-0.2, -0.15) is 0 Å². The van der Waals surface area contributed by atoms with E-state index < -0.39 is 0 Å². The van der Waals surface area contributed by atoms with Crippen LogP contribution in [-0.2, 0) is 17.9 Å². The summed E-state index contributed by atoms with van der Waals surface area (Å²) in [5.41, 5.74) is 1.28. The Kier molecular flexibility index (Phi) is 5.83. The molecule has 3 aromatic rings. The number of likely N-dealkylation sites (tertiary alicyclic amines) is 1. The summed E-state index contributed by atoms with van der Waals surface area (Å²) in [4.78, 5) is 33.8. The molecule has 8 nitrogen and oxygen atoms in total. The number of hydrogen-bond acceptors (Lipinski definition) is 5. The fourth-order valence-electron chi connectivity index (χ4n) is 4.87. The second-order valence-corrected chi connectivity index (χ2v) is 9.49. The molecule has 8 heteroatoms. The predicted octanol–water partition coefficient (Wildman–Crippen LogP) is 3.23. The fraction of sp³-hybridized carbons (Fsp3) is 0.480. The van der Waals surface area contributed by atoms with E-state index in [4.69, 9.17) is 0 Å². The molecule has 2 aliphatic rings. The first kappa shape index (κ1) is 21.6. The van der Waals surface area contributed by atoms with E-state index in [1.807, 2.05) is 35.2 Å². The van der Waals surface area contributed by atoms with Gasteiger partial charge in [0.05, 0.1) is 12.1 Å². The zero-order valence-electron chi connectivity index (χ0n) is 19.3. The highest BCUT2D eigenvalue weighted by molar-refractivity contribution is 5.94. The van der Waals surface area contributed by atoms with Crippen molar-refractivity contribution in [2.24, 2.45) is 5.92 Å². The number of fused-ring (bicyclic) bond motifs is 2. The summed E-state index contributed by atoms with van der Waals surface area (Å²) in [5.74, 6) is 2.69. The Bertz CT molecular complexity index is 1180. The number of nitrogens with zero attached hydrogens (tertiary/aromatic N) is 6. The van der Waals surface area contributed by atoms with E-state index in [0.29, 0.717) is 43.6 Å². The van der Waals surface area contributed by atoms with Crippen molar-refractivity contribution in [3.05, 3.63) is 53.7 Å². The lowest BCUT2D eigenvalue weighted by Crippen LogP contribution is -2.41. The molecule has 0 saturated carbocycles. The molecule has 5 rings (SSSR count). The highest BCUT2D eigenvalue weighted by Crippen LogP contribution is 2.29. The Labute approximate surface area is 193 Å². The Morgan fingerprint density at radius 3 is 2.55 bits per heavy atom. The molecule has 0 bridgehead atoms. The van der Waals surface area contributed by atoms with Gasteiger partial charge in [0.1, 0.15) is 11.5 Å². The maximum Gasteiger partial charge on any atom is 0.272 e. The molecule has 1 saturated heterocycles. The molecule has 0 unspecified atom stereocenters. The summed E-state index contributed by atoms with van der Waals surface area (Å²) in [5, 5.41) is 9.95. The number of pyridine rings is 1. The van der Waals surface area contributed by atoms with Crippen LogP contribution in [0.5, 0.6) is 0 Å². The number of benzene rings is 1. The van der Waals surface area contributed by atoms with Gasteiger partial charge in [-0.1, -0.05) is 38.1 Å². The van der Waals surface area contributed by atoms with Gasteiger partial charge < -0.3 is 14.4 Å². The minimum absolute atomic E-state index is 0.0754. The van der Waals surface area contributed by atoms with Crippen LogP contribution in [0.2, 0.25) is 0 Å². The van der Waals surface area contributed by atoms with Crippen molar-refractivity contribution in [2.75, 3.05) is 19.6 Å². The molecule has 0 aliphatic carbocycles. The third-order valence-corrected chi connectivity index (χ3v) is 6.68. The predicted molar refractivity (Wildman–Crippen MR) is 125 cm³/mol. The van der Waals surface area contributed by atoms with Crippen LogP contribution in [-0.4, -0.2) is 61.0 Å². The van der Waals surface area contributed by atoms with Crippen LogP contribution in [0.15, 0.2) is 36.4 Å². The van der Waals surface area contributed by atoms with Crippen LogP contribution in [0.4, 0.5) is 0 Å². The molecule has 0 radical (unpaired) electrons. The summed E-state index contributed by atoms with van der Waals surface area (Å²) in [6, 6.07) is 11.6. The van der Waals surface area contributed by atoms with Crippen molar-refractivity contribution >= 4 is 22.7 Å². The van der Waals surface area contributed by atoms with Gasteiger partial charge in [-0.15, -0.1) is 10.2 Å². The number of hydrogen-bond donors (Lipinski definition) is 0. The Morgan fingerprint density at radius 2 is 1.76 bits per heavy atom. The van der Waals surface area contributed by atoms with Gasteiger partial charge >= 0.3 is 0 Å². The molecule has 0 spiro atoms. The van der Waals surface area contributed by atoms with Crippen molar-refractivity contribution in [3.63, 3.8) is 0 Å². The summed E-state index contributed by atoms with van der Waals surface area (Å²) in [6.45, 7) is 7.44. The molecule has 4 heterocycles. The molecule has 0 atom stereocenters. The van der Waals surface area contributed by atoms with Gasteiger partial charge in [-0.3, -0.25) is 9.59 Å². The number of piperidine rings is 1. The van der Waals surface area contributed by atoms with E-state index in [9.17, 15) is 9.59 Å². The van der Waals surface area contributed by atoms with Gasteiger partial charge in [-0.25, -0.2) is 4.98 Å². The average molecular weight is 447 g/mol. The monoisotopic (exact) mass is 446 g/mol. The van der Waals surface area contributed by atoms with Crippen molar-refractivity contribution in [2.45, 2.75) is 52.1 Å². The number of rotatable bonds is 4. The maximum absolute atomic E-state index is 13.1. The van der Waals surface area contributed by atoms with Gasteiger partial charge in [0.25, 0.3) is 5.91 Å². The van der Waals surface area contributed by atoms with Crippen LogP contribution in [0.1, 0.15) is 61.2 Å². The van der Waals surface area contributed by atoms with E-state index in [1.54, 1.807) is 11.0 Å². The van der Waals surface area contributed by atoms with Crippen LogP contribution < -0.4 is 0 Å². The molecule has 33 heavy (non-hydrogen) atoms. The minimum atomic E-state index is -0.0754. The molecule has 0 N–H and O–H groups in total. The number of carbonyl (C=O) groups is 2. The average Bonchev–Trinajstić information content (AvgIpc) is 3.26. The Balaban J connectivity index is 1.25. The highest BCUT2D eigenvalue weighted by atomic mass is 16.2. The van der Waals surface area contributed by atoms with Crippen molar-refractivity contribution in [1.82, 2.24) is 29.5 Å². The number of carbonyl (C=O) groups excluding carboxylic acids is 2. The van der Waals surface area contributed by atoms with Crippen LogP contribution >= 0.6 is 0 Å². The molecule has 1 aromatic carbocycles. The van der Waals surface area contributed by atoms with Crippen LogP contribution in [0, 0.1) is 5.92 Å². The third kappa shape index (κ3) is 4.34. The lowest BCUT2D eigenvalue weighted by Gasteiger charge is -2.33. The van der Waals surface area contributed by atoms with Gasteiger partial charge in [0, 0.05) is 43.9 Å². The van der Waals surface area contributed by atoms with E-state index in [2.05, 4.69) is 33.6 Å². The number of para-hydroxylation sites is 1. The second-order valence-electron chi connectivity index (χ2n) is 9.49. The van der Waals surface area contributed by atoms with Crippen molar-refractivity contribution < 1.29 is 9.59 Å². The zero-order chi connectivity index (χ0) is 22.9. The first-order valence-electron chi connectivity index (χ1n) is 11.8. The smallest absolute Gasteiger partial charge is 0.272 e. The molecule has 172 valence electrons. The first-order chi connectivity index (χ1) is 16.0. The van der Waals surface area contributed by atoms with Gasteiger partial charge in [0.2, 0.25) is 5.91 Å². The third-order valence-electron chi connectivity index (χ3n) is 6.68. The quantitative estimate of drug-likeness (QED) is 0.614. The zero-order valence-corrected chi connectivity index (χ0v) is 19.3. The number of amides is 2. The lowest BCUT2D eigenvalue weighted by atomic mass is 9.95. The normalized spacial score (nSPS) is 16.9. The standard InChI is InChI=1S/C25H30N6O2/c1-17(2)15-23(32)29-11-9-19(10-12-29)24-28-27-22-16-30(13-14-31(22)24)25(33)21-8-7-18-5-3-4-6-20(18)26-21/h3-8,17,19H,9-16H2,1-2H3. The molecule has 1 fully saturated rings. The van der Waals surface area contributed by atoms with E-state index >= 15 is 0 Å². The highest BCUT2D eigenvalue weighted by Gasteiger charge is 2.31. The van der Waals surface area contributed by atoms with Crippen LogP contribution in [0.3, 0.4) is 0 Å².